The highest BCUT2D eigenvalue weighted by atomic mass is 19.1. The molecule has 3 saturated heterocycles. The molecule has 0 aromatic carbocycles. The Labute approximate surface area is 154 Å². The van der Waals surface area contributed by atoms with Gasteiger partial charge in [0.1, 0.15) is 6.33 Å². The standard InChI is InChI=1S/C19H29FN4O2/c1-2-16-17(20)18(22-14-21-16)24-6-4-19(5-7-24)13-23(8-10-26-19)11-15-3-9-25-12-15/h14-15H,2-13H2,1H3. The van der Waals surface area contributed by atoms with Crippen LogP contribution in [-0.4, -0.2) is 73.0 Å². The zero-order valence-electron chi connectivity index (χ0n) is 15.6. The van der Waals surface area contributed by atoms with E-state index in [0.29, 0.717) is 23.9 Å². The summed E-state index contributed by atoms with van der Waals surface area (Å²) in [6, 6.07) is 0. The van der Waals surface area contributed by atoms with Crippen molar-refractivity contribution in [1.82, 2.24) is 14.9 Å². The molecular formula is C19H29FN4O2. The zero-order chi connectivity index (χ0) is 18.0. The Morgan fingerprint density at radius 1 is 1.23 bits per heavy atom. The average Bonchev–Trinajstić information content (AvgIpc) is 3.16. The Bertz CT molecular complexity index is 616. The molecular weight excluding hydrogens is 335 g/mol. The maximum absolute atomic E-state index is 14.6. The monoisotopic (exact) mass is 364 g/mol. The lowest BCUT2D eigenvalue weighted by atomic mass is 9.89. The van der Waals surface area contributed by atoms with Gasteiger partial charge in [-0.15, -0.1) is 0 Å². The molecule has 7 heteroatoms. The highest BCUT2D eigenvalue weighted by Gasteiger charge is 2.41. The number of rotatable bonds is 4. The molecule has 0 aliphatic carbocycles. The summed E-state index contributed by atoms with van der Waals surface area (Å²) in [6.45, 7) is 9.14. The molecule has 1 aromatic rings. The van der Waals surface area contributed by atoms with Gasteiger partial charge in [-0.05, 0) is 31.6 Å². The first kappa shape index (κ1) is 18.1. The van der Waals surface area contributed by atoms with E-state index < -0.39 is 0 Å². The predicted octanol–water partition coefficient (Wildman–Crippen LogP) is 1.89. The highest BCUT2D eigenvalue weighted by Crippen LogP contribution is 2.33. The molecule has 0 N–H and O–H groups in total. The molecule has 4 rings (SSSR count). The van der Waals surface area contributed by atoms with Crippen LogP contribution < -0.4 is 4.90 Å². The lowest BCUT2D eigenvalue weighted by Crippen LogP contribution is -2.57. The van der Waals surface area contributed by atoms with Gasteiger partial charge in [-0.2, -0.15) is 0 Å². The number of aromatic nitrogens is 2. The van der Waals surface area contributed by atoms with Gasteiger partial charge >= 0.3 is 0 Å². The molecule has 4 heterocycles. The van der Waals surface area contributed by atoms with Crippen LogP contribution in [0.2, 0.25) is 0 Å². The van der Waals surface area contributed by atoms with Gasteiger partial charge < -0.3 is 14.4 Å². The van der Waals surface area contributed by atoms with E-state index in [1.165, 1.54) is 12.7 Å². The van der Waals surface area contributed by atoms with E-state index in [9.17, 15) is 4.39 Å². The van der Waals surface area contributed by atoms with Crippen molar-refractivity contribution < 1.29 is 13.9 Å². The number of piperidine rings is 1. The van der Waals surface area contributed by atoms with Crippen LogP contribution in [0.25, 0.3) is 0 Å². The van der Waals surface area contributed by atoms with E-state index in [1.54, 1.807) is 0 Å². The fourth-order valence-corrected chi connectivity index (χ4v) is 4.46. The molecule has 26 heavy (non-hydrogen) atoms. The lowest BCUT2D eigenvalue weighted by molar-refractivity contribution is -0.123. The lowest BCUT2D eigenvalue weighted by Gasteiger charge is -2.48. The summed E-state index contributed by atoms with van der Waals surface area (Å²) >= 11 is 0. The highest BCUT2D eigenvalue weighted by molar-refractivity contribution is 5.41. The Balaban J connectivity index is 1.38. The quantitative estimate of drug-likeness (QED) is 0.813. The second kappa shape index (κ2) is 7.74. The normalized spacial score (nSPS) is 26.5. The molecule has 0 saturated carbocycles. The van der Waals surface area contributed by atoms with Crippen LogP contribution in [0, 0.1) is 11.7 Å². The molecule has 1 unspecified atom stereocenters. The number of nitrogens with zero attached hydrogens (tertiary/aromatic N) is 4. The Kier molecular flexibility index (Phi) is 5.38. The topological polar surface area (TPSA) is 50.7 Å². The van der Waals surface area contributed by atoms with Crippen LogP contribution >= 0.6 is 0 Å². The van der Waals surface area contributed by atoms with Gasteiger partial charge in [-0.3, -0.25) is 4.90 Å². The van der Waals surface area contributed by atoms with Crippen molar-refractivity contribution in [1.29, 1.82) is 0 Å². The molecule has 144 valence electrons. The Morgan fingerprint density at radius 2 is 2.08 bits per heavy atom. The van der Waals surface area contributed by atoms with E-state index in [4.69, 9.17) is 9.47 Å². The van der Waals surface area contributed by atoms with Crippen molar-refractivity contribution in [3.63, 3.8) is 0 Å². The SMILES string of the molecule is CCc1ncnc(N2CCC3(CC2)CN(CC2CCOC2)CCO3)c1F. The predicted molar refractivity (Wildman–Crippen MR) is 96.9 cm³/mol. The minimum atomic E-state index is -0.265. The molecule has 1 spiro atoms. The molecule has 3 aliphatic rings. The first-order valence-electron chi connectivity index (χ1n) is 9.87. The summed E-state index contributed by atoms with van der Waals surface area (Å²) < 4.78 is 26.3. The first-order chi connectivity index (χ1) is 12.7. The second-order valence-electron chi connectivity index (χ2n) is 7.79. The first-order valence-corrected chi connectivity index (χ1v) is 9.87. The van der Waals surface area contributed by atoms with E-state index in [0.717, 1.165) is 65.4 Å². The summed E-state index contributed by atoms with van der Waals surface area (Å²) in [6.07, 6.45) is 5.06. The summed E-state index contributed by atoms with van der Waals surface area (Å²) in [5, 5.41) is 0. The third-order valence-electron chi connectivity index (χ3n) is 6.02. The number of hydrogen-bond acceptors (Lipinski definition) is 6. The molecule has 3 aliphatic heterocycles. The van der Waals surface area contributed by atoms with Crippen molar-refractivity contribution in [2.24, 2.45) is 5.92 Å². The van der Waals surface area contributed by atoms with Crippen LogP contribution in [0.15, 0.2) is 6.33 Å². The summed E-state index contributed by atoms with van der Waals surface area (Å²) in [5.74, 6) is 0.841. The van der Waals surface area contributed by atoms with Crippen LogP contribution in [0.4, 0.5) is 10.2 Å². The molecule has 1 atom stereocenters. The smallest absolute Gasteiger partial charge is 0.187 e. The van der Waals surface area contributed by atoms with Crippen molar-refractivity contribution in [3.8, 4) is 0 Å². The van der Waals surface area contributed by atoms with Gasteiger partial charge in [0, 0.05) is 39.3 Å². The summed E-state index contributed by atoms with van der Waals surface area (Å²) in [5.41, 5.74) is 0.403. The van der Waals surface area contributed by atoms with E-state index in [-0.39, 0.29) is 11.4 Å². The minimum Gasteiger partial charge on any atom is -0.381 e. The Hall–Kier alpha value is -1.31. The van der Waals surface area contributed by atoms with Crippen molar-refractivity contribution >= 4 is 5.82 Å². The summed E-state index contributed by atoms with van der Waals surface area (Å²) in [7, 11) is 0. The molecule has 1 aromatic heterocycles. The molecule has 0 amide bonds. The van der Waals surface area contributed by atoms with Crippen molar-refractivity contribution in [2.45, 2.75) is 38.2 Å². The number of anilines is 1. The molecule has 3 fully saturated rings. The van der Waals surface area contributed by atoms with Gasteiger partial charge in [-0.25, -0.2) is 14.4 Å². The maximum Gasteiger partial charge on any atom is 0.187 e. The Morgan fingerprint density at radius 3 is 2.81 bits per heavy atom. The molecule has 6 nitrogen and oxygen atoms in total. The molecule has 0 bridgehead atoms. The minimum absolute atomic E-state index is 0.0920. The van der Waals surface area contributed by atoms with E-state index >= 15 is 0 Å². The third kappa shape index (κ3) is 3.70. The third-order valence-corrected chi connectivity index (χ3v) is 6.02. The second-order valence-corrected chi connectivity index (χ2v) is 7.79. The van der Waals surface area contributed by atoms with Gasteiger partial charge in [0.25, 0.3) is 0 Å². The summed E-state index contributed by atoms with van der Waals surface area (Å²) in [4.78, 5) is 12.8. The zero-order valence-corrected chi connectivity index (χ0v) is 15.6. The van der Waals surface area contributed by atoms with Crippen LogP contribution in [0.3, 0.4) is 0 Å². The fraction of sp³-hybridized carbons (Fsp3) is 0.789. The van der Waals surface area contributed by atoms with Gasteiger partial charge in [-0.1, -0.05) is 6.92 Å². The van der Waals surface area contributed by atoms with Crippen LogP contribution in [0.5, 0.6) is 0 Å². The van der Waals surface area contributed by atoms with Gasteiger partial charge in [0.15, 0.2) is 11.6 Å². The number of ether oxygens (including phenoxy) is 2. The number of morpholine rings is 1. The van der Waals surface area contributed by atoms with Gasteiger partial charge in [0.2, 0.25) is 0 Å². The van der Waals surface area contributed by atoms with Crippen LogP contribution in [0.1, 0.15) is 31.9 Å². The van der Waals surface area contributed by atoms with Gasteiger partial charge in [0.05, 0.1) is 24.5 Å². The van der Waals surface area contributed by atoms with Crippen LogP contribution in [-0.2, 0) is 15.9 Å². The largest absolute Gasteiger partial charge is 0.381 e. The average molecular weight is 364 g/mol. The van der Waals surface area contributed by atoms with Crippen molar-refractivity contribution in [2.75, 3.05) is 57.4 Å². The van der Waals surface area contributed by atoms with Crippen molar-refractivity contribution in [3.05, 3.63) is 17.8 Å². The molecule has 0 radical (unpaired) electrons. The van der Waals surface area contributed by atoms with E-state index in [2.05, 4.69) is 19.8 Å². The maximum atomic E-state index is 14.6. The fourth-order valence-electron chi connectivity index (χ4n) is 4.46. The number of hydrogen-bond donors (Lipinski definition) is 0. The number of aryl methyl sites for hydroxylation is 1. The number of halogens is 1. The van der Waals surface area contributed by atoms with E-state index in [1.807, 2.05) is 6.92 Å².